The molecule has 102 valence electrons. The molecule has 0 aliphatic rings. The molecule has 0 aromatic rings. The molecule has 0 aromatic heterocycles. The van der Waals surface area contributed by atoms with Gasteiger partial charge in [0.2, 0.25) is 0 Å². The fraction of sp³-hybridized carbons (Fsp3) is 0.364. The van der Waals surface area contributed by atoms with Crippen LogP contribution in [0.4, 0.5) is 26.3 Å². The molecule has 0 fully saturated rings. The summed E-state index contributed by atoms with van der Waals surface area (Å²) in [7, 11) is 0. The van der Waals surface area contributed by atoms with Gasteiger partial charge in [-0.05, 0) is 31.6 Å². The number of rotatable bonds is 3. The summed E-state index contributed by atoms with van der Waals surface area (Å²) in [6.07, 6.45) is -9.72. The minimum Gasteiger partial charge on any atom is -0.295 e. The number of Topliss-reactive ketones (excluding diaryl/α,β-unsaturated/α-hetero) is 1. The first kappa shape index (κ1) is 16.5. The van der Waals surface area contributed by atoms with E-state index in [1.165, 1.54) is 0 Å². The van der Waals surface area contributed by atoms with Crippen LogP contribution in [0.15, 0.2) is 35.5 Å². The topological polar surface area (TPSA) is 17.1 Å². The Labute approximate surface area is 99.5 Å². The van der Waals surface area contributed by atoms with Gasteiger partial charge < -0.3 is 0 Å². The highest BCUT2D eigenvalue weighted by molar-refractivity contribution is 5.93. The minimum absolute atomic E-state index is 0.133. The molecule has 0 spiro atoms. The van der Waals surface area contributed by atoms with Gasteiger partial charge >= 0.3 is 12.4 Å². The summed E-state index contributed by atoms with van der Waals surface area (Å²) in [5.74, 6) is -0.664. The third-order valence-electron chi connectivity index (χ3n) is 1.95. The van der Waals surface area contributed by atoms with Crippen molar-refractivity contribution in [3.05, 3.63) is 35.5 Å². The summed E-state index contributed by atoms with van der Waals surface area (Å²) >= 11 is 0. The molecule has 0 atom stereocenters. The zero-order valence-electron chi connectivity index (χ0n) is 9.54. The van der Waals surface area contributed by atoms with E-state index in [1.807, 2.05) is 0 Å². The van der Waals surface area contributed by atoms with Gasteiger partial charge in [0.05, 0.1) is 5.57 Å². The van der Waals surface area contributed by atoms with Gasteiger partial charge in [0.15, 0.2) is 5.78 Å². The number of carbonyl (C=O) groups is 1. The van der Waals surface area contributed by atoms with Crippen LogP contribution in [-0.2, 0) is 4.79 Å². The van der Waals surface area contributed by atoms with E-state index in [-0.39, 0.29) is 11.6 Å². The number of halogens is 6. The molecule has 0 saturated heterocycles. The van der Waals surface area contributed by atoms with Crippen LogP contribution >= 0.6 is 0 Å². The third-order valence-corrected chi connectivity index (χ3v) is 1.95. The van der Waals surface area contributed by atoms with E-state index in [2.05, 4.69) is 6.58 Å². The van der Waals surface area contributed by atoms with E-state index in [0.717, 1.165) is 13.8 Å². The minimum atomic E-state index is -5.00. The molecule has 1 nitrogen and oxygen atoms in total. The van der Waals surface area contributed by atoms with Gasteiger partial charge in [-0.3, -0.25) is 4.79 Å². The van der Waals surface area contributed by atoms with Crippen LogP contribution in [0.3, 0.4) is 0 Å². The lowest BCUT2D eigenvalue weighted by atomic mass is 10.1. The molecule has 0 aromatic carbocycles. The molecule has 0 amide bonds. The fourth-order valence-corrected chi connectivity index (χ4v) is 0.810. The first-order chi connectivity index (χ1) is 7.85. The monoisotopic (exact) mass is 272 g/mol. The summed E-state index contributed by atoms with van der Waals surface area (Å²) in [4.78, 5) is 10.8. The maximum Gasteiger partial charge on any atom is 0.416 e. The molecule has 0 rings (SSSR count). The van der Waals surface area contributed by atoms with E-state index in [9.17, 15) is 31.1 Å². The first-order valence-electron chi connectivity index (χ1n) is 4.60. The lowest BCUT2D eigenvalue weighted by molar-refractivity contribution is -0.113. The lowest BCUT2D eigenvalue weighted by Crippen LogP contribution is -2.15. The highest BCUT2D eigenvalue weighted by atomic mass is 19.4. The van der Waals surface area contributed by atoms with Crippen molar-refractivity contribution in [3.63, 3.8) is 0 Å². The summed E-state index contributed by atoms with van der Waals surface area (Å²) < 4.78 is 73.7. The Morgan fingerprint density at radius 3 is 1.67 bits per heavy atom. The van der Waals surface area contributed by atoms with E-state index in [0.29, 0.717) is 6.08 Å². The first-order valence-corrected chi connectivity index (χ1v) is 4.60. The Morgan fingerprint density at radius 2 is 1.39 bits per heavy atom. The quantitative estimate of drug-likeness (QED) is 0.429. The molecule has 0 aliphatic carbocycles. The highest BCUT2D eigenvalue weighted by Gasteiger charge is 2.36. The summed E-state index contributed by atoms with van der Waals surface area (Å²) in [5.41, 5.74) is -3.51. The lowest BCUT2D eigenvalue weighted by Gasteiger charge is -2.11. The second-order valence-electron chi connectivity index (χ2n) is 3.50. The zero-order chi connectivity index (χ0) is 14.7. The van der Waals surface area contributed by atoms with Gasteiger partial charge in [0.1, 0.15) is 0 Å². The van der Waals surface area contributed by atoms with Gasteiger partial charge in [-0.15, -0.1) is 0 Å². The van der Waals surface area contributed by atoms with Crippen molar-refractivity contribution in [2.45, 2.75) is 26.2 Å². The number of hydrogen-bond acceptors (Lipinski definition) is 1. The van der Waals surface area contributed by atoms with Crippen LogP contribution in [0.2, 0.25) is 0 Å². The zero-order valence-corrected chi connectivity index (χ0v) is 9.54. The Hall–Kier alpha value is -1.53. The van der Waals surface area contributed by atoms with E-state index in [1.54, 1.807) is 0 Å². The normalized spacial score (nSPS) is 14.7. The van der Waals surface area contributed by atoms with E-state index in [4.69, 9.17) is 0 Å². The van der Waals surface area contributed by atoms with Gasteiger partial charge in [0.25, 0.3) is 0 Å². The van der Waals surface area contributed by atoms with E-state index >= 15 is 0 Å². The van der Waals surface area contributed by atoms with Crippen molar-refractivity contribution in [2.75, 3.05) is 0 Å². The molecule has 0 unspecified atom stereocenters. The molecule has 0 aliphatic heterocycles. The summed E-state index contributed by atoms with van der Waals surface area (Å²) in [5, 5.41) is 0. The Bertz CT molecular complexity index is 408. The number of ketones is 1. The molecular formula is C11H10F6O. The Balaban J connectivity index is 5.56. The van der Waals surface area contributed by atoms with Crippen LogP contribution in [-0.4, -0.2) is 18.1 Å². The number of hydrogen-bond donors (Lipinski definition) is 0. The molecular weight excluding hydrogens is 262 g/mol. The largest absolute Gasteiger partial charge is 0.416 e. The van der Waals surface area contributed by atoms with Crippen molar-refractivity contribution < 1.29 is 31.1 Å². The number of alkyl halides is 6. The molecule has 0 radical (unpaired) electrons. The maximum absolute atomic E-state index is 12.5. The Kier molecular flexibility index (Phi) is 4.95. The predicted octanol–water partition coefficient (Wildman–Crippen LogP) is 4.13. The van der Waals surface area contributed by atoms with Gasteiger partial charge in [0, 0.05) is 5.57 Å². The van der Waals surface area contributed by atoms with Crippen molar-refractivity contribution in [1.29, 1.82) is 0 Å². The van der Waals surface area contributed by atoms with Crippen molar-refractivity contribution in [3.8, 4) is 0 Å². The van der Waals surface area contributed by atoms with Gasteiger partial charge in [-0.2, -0.15) is 26.3 Å². The molecule has 0 heterocycles. The van der Waals surface area contributed by atoms with Gasteiger partial charge in [-0.1, -0.05) is 6.58 Å². The van der Waals surface area contributed by atoms with Crippen LogP contribution < -0.4 is 0 Å². The molecule has 0 N–H and O–H groups in total. The smallest absolute Gasteiger partial charge is 0.295 e. The maximum atomic E-state index is 12.5. The van der Waals surface area contributed by atoms with Crippen molar-refractivity contribution >= 4 is 5.78 Å². The van der Waals surface area contributed by atoms with Crippen LogP contribution in [0.5, 0.6) is 0 Å². The average molecular weight is 272 g/mol. The van der Waals surface area contributed by atoms with Crippen molar-refractivity contribution in [1.82, 2.24) is 0 Å². The van der Waals surface area contributed by atoms with Crippen LogP contribution in [0, 0.1) is 0 Å². The fourth-order valence-electron chi connectivity index (χ4n) is 0.810. The number of allylic oxidation sites excluding steroid dienone is 5. The average Bonchev–Trinajstić information content (AvgIpc) is 2.12. The van der Waals surface area contributed by atoms with Crippen LogP contribution in [0.1, 0.15) is 13.8 Å². The predicted molar refractivity (Wildman–Crippen MR) is 53.8 cm³/mol. The SMILES string of the molecule is C=C(/C=C(\C=C(/C)C(C)=O)C(F)(F)F)C(F)(F)F. The summed E-state index contributed by atoms with van der Waals surface area (Å²) in [6, 6.07) is 0. The molecule has 0 saturated carbocycles. The second kappa shape index (κ2) is 5.41. The standard InChI is InChI=1S/C11H10F6O/c1-6(8(3)18)4-9(11(15,16)17)5-7(2)10(12,13)14/h4-5H,2H2,1,3H3/b6-4+,9-5+. The highest BCUT2D eigenvalue weighted by Crippen LogP contribution is 2.32. The third kappa shape index (κ3) is 5.20. The molecule has 18 heavy (non-hydrogen) atoms. The summed E-state index contributed by atoms with van der Waals surface area (Å²) in [6.45, 7) is 4.61. The second-order valence-corrected chi connectivity index (χ2v) is 3.50. The molecule has 7 heteroatoms. The van der Waals surface area contributed by atoms with E-state index < -0.39 is 29.3 Å². The Morgan fingerprint density at radius 1 is 0.944 bits per heavy atom. The molecule has 0 bridgehead atoms. The van der Waals surface area contributed by atoms with Crippen LogP contribution in [0.25, 0.3) is 0 Å². The number of carbonyl (C=O) groups excluding carboxylic acids is 1. The van der Waals surface area contributed by atoms with Crippen molar-refractivity contribution in [2.24, 2.45) is 0 Å². The van der Waals surface area contributed by atoms with Gasteiger partial charge in [-0.25, -0.2) is 0 Å².